The molecule has 0 atom stereocenters. The van der Waals surface area contributed by atoms with Crippen LogP contribution in [-0.2, 0) is 6.42 Å². The van der Waals surface area contributed by atoms with Crippen molar-refractivity contribution < 1.29 is 4.42 Å². The average molecular weight is 323 g/mol. The van der Waals surface area contributed by atoms with E-state index in [-0.39, 0.29) is 0 Å². The smallest absolute Gasteiger partial charge is 0.135 e. The van der Waals surface area contributed by atoms with E-state index in [9.17, 15) is 0 Å². The lowest BCUT2D eigenvalue weighted by atomic mass is 10.1. The maximum atomic E-state index is 5.72. The molecule has 0 saturated heterocycles. The predicted molar refractivity (Wildman–Crippen MR) is 107 cm³/mol. The number of allylic oxidation sites excluding steroid dienone is 5. The lowest BCUT2D eigenvalue weighted by molar-refractivity contribution is 0.577. The van der Waals surface area contributed by atoms with Gasteiger partial charge >= 0.3 is 0 Å². The Labute approximate surface area is 146 Å². The molecule has 0 fully saturated rings. The molecule has 0 bridgehead atoms. The largest absolute Gasteiger partial charge is 0.461 e. The lowest BCUT2D eigenvalue weighted by Crippen LogP contribution is -1.75. The summed E-state index contributed by atoms with van der Waals surface area (Å²) < 4.78 is 5.72. The molecule has 0 amide bonds. The van der Waals surface area contributed by atoms with Crippen LogP contribution in [-0.4, -0.2) is 0 Å². The molecule has 1 aliphatic carbocycles. The fourth-order valence-corrected chi connectivity index (χ4v) is 2.25. The first-order chi connectivity index (χ1) is 11.6. The third-order valence-corrected chi connectivity index (χ3v) is 3.70. The van der Waals surface area contributed by atoms with Crippen molar-refractivity contribution in [2.75, 3.05) is 0 Å². The standard InChI is InChI=1S/C14H12O.C6H11N.C2H6/c1-3-4-5-12-9(2)15-14-8-11-6-10(11)7-13(12)14;1-3-6(2)4-5-7;1-2/h3-5,7-8H,1,6H2,2H3;3-5H,7H2,1-2H3;1-2H3/b5-4-;5-4-,6-3-;. The van der Waals surface area contributed by atoms with Crippen LogP contribution < -0.4 is 5.73 Å². The summed E-state index contributed by atoms with van der Waals surface area (Å²) in [4.78, 5) is 0. The van der Waals surface area contributed by atoms with Crippen LogP contribution in [0.15, 0.2) is 59.2 Å². The lowest BCUT2D eigenvalue weighted by Gasteiger charge is -1.88. The summed E-state index contributed by atoms with van der Waals surface area (Å²) in [6.45, 7) is 13.7. The highest BCUT2D eigenvalue weighted by Crippen LogP contribution is 2.36. The van der Waals surface area contributed by atoms with Gasteiger partial charge in [-0.1, -0.05) is 50.3 Å². The molecule has 0 saturated carbocycles. The van der Waals surface area contributed by atoms with Gasteiger partial charge in [0.05, 0.1) is 0 Å². The first-order valence-electron chi connectivity index (χ1n) is 8.46. The third-order valence-electron chi connectivity index (χ3n) is 3.70. The zero-order valence-corrected chi connectivity index (χ0v) is 15.5. The van der Waals surface area contributed by atoms with E-state index in [0.29, 0.717) is 0 Å². The fourth-order valence-electron chi connectivity index (χ4n) is 2.25. The SMILES string of the molecule is C/C=C(C)\C=C/N.C=C/C=C\c1c(C)oc2cc3c(cc12)C3.CC. The molecule has 1 aromatic carbocycles. The molecule has 2 aromatic rings. The molecule has 128 valence electrons. The zero-order chi connectivity index (χ0) is 18.1. The van der Waals surface area contributed by atoms with Gasteiger partial charge in [-0.25, -0.2) is 0 Å². The first-order valence-corrected chi connectivity index (χ1v) is 8.46. The summed E-state index contributed by atoms with van der Waals surface area (Å²) in [5.41, 5.74) is 11.3. The zero-order valence-electron chi connectivity index (χ0n) is 15.5. The topological polar surface area (TPSA) is 39.2 Å². The molecule has 0 unspecified atom stereocenters. The monoisotopic (exact) mass is 323 g/mol. The summed E-state index contributed by atoms with van der Waals surface area (Å²) in [7, 11) is 0. The molecule has 2 heteroatoms. The minimum atomic E-state index is 0.980. The molecular formula is C22H29NO. The molecule has 1 aromatic heterocycles. The Bertz CT molecular complexity index is 773. The quantitative estimate of drug-likeness (QED) is 0.575. The normalized spacial score (nSPS) is 12.5. The summed E-state index contributed by atoms with van der Waals surface area (Å²) in [5, 5.41) is 1.22. The average Bonchev–Trinajstić information content (AvgIpc) is 3.29. The molecular weight excluding hydrogens is 294 g/mol. The molecule has 0 aliphatic heterocycles. The van der Waals surface area contributed by atoms with Crippen molar-refractivity contribution >= 4 is 17.0 Å². The van der Waals surface area contributed by atoms with E-state index in [2.05, 4.69) is 24.8 Å². The second-order valence-electron chi connectivity index (χ2n) is 5.35. The van der Waals surface area contributed by atoms with Crippen molar-refractivity contribution in [1.82, 2.24) is 0 Å². The third kappa shape index (κ3) is 5.02. The van der Waals surface area contributed by atoms with E-state index >= 15 is 0 Å². The minimum Gasteiger partial charge on any atom is -0.461 e. The minimum absolute atomic E-state index is 0.980. The van der Waals surface area contributed by atoms with Gasteiger partial charge in [-0.3, -0.25) is 0 Å². The Morgan fingerprint density at radius 1 is 1.25 bits per heavy atom. The van der Waals surface area contributed by atoms with Gasteiger partial charge < -0.3 is 10.2 Å². The predicted octanol–water partition coefficient (Wildman–Crippen LogP) is 6.30. The molecule has 2 nitrogen and oxygen atoms in total. The van der Waals surface area contributed by atoms with Crippen molar-refractivity contribution in [3.05, 3.63) is 77.2 Å². The van der Waals surface area contributed by atoms with Crippen LogP contribution in [0.4, 0.5) is 0 Å². The first kappa shape index (κ1) is 19.6. The van der Waals surface area contributed by atoms with Gasteiger partial charge in [0, 0.05) is 10.9 Å². The summed E-state index contributed by atoms with van der Waals surface area (Å²) >= 11 is 0. The second kappa shape index (κ2) is 9.61. The molecule has 1 aliphatic rings. The van der Waals surface area contributed by atoms with Gasteiger partial charge in [0.25, 0.3) is 0 Å². The Balaban J connectivity index is 0.000000274. The number of rotatable bonds is 3. The van der Waals surface area contributed by atoms with Crippen LogP contribution in [0.25, 0.3) is 17.0 Å². The maximum absolute atomic E-state index is 5.72. The van der Waals surface area contributed by atoms with Gasteiger partial charge in [0.2, 0.25) is 0 Å². The number of hydrogen-bond acceptors (Lipinski definition) is 2. The van der Waals surface area contributed by atoms with E-state index in [4.69, 9.17) is 10.2 Å². The van der Waals surface area contributed by atoms with Crippen LogP contribution in [0.3, 0.4) is 0 Å². The van der Waals surface area contributed by atoms with E-state index in [1.807, 2.05) is 52.8 Å². The Hall–Kier alpha value is -2.48. The van der Waals surface area contributed by atoms with Gasteiger partial charge in [-0.15, -0.1) is 0 Å². The highest BCUT2D eigenvalue weighted by molar-refractivity contribution is 5.91. The summed E-state index contributed by atoms with van der Waals surface area (Å²) in [6.07, 6.45) is 12.3. The van der Waals surface area contributed by atoms with Crippen molar-refractivity contribution in [3.8, 4) is 0 Å². The van der Waals surface area contributed by atoms with Gasteiger partial charge in [0.1, 0.15) is 11.3 Å². The van der Waals surface area contributed by atoms with E-state index < -0.39 is 0 Å². The van der Waals surface area contributed by atoms with E-state index in [1.54, 1.807) is 6.08 Å². The van der Waals surface area contributed by atoms with Crippen LogP contribution in [0.1, 0.15) is 50.1 Å². The van der Waals surface area contributed by atoms with Gasteiger partial charge in [-0.2, -0.15) is 0 Å². The Morgan fingerprint density at radius 2 is 1.92 bits per heavy atom. The van der Waals surface area contributed by atoms with Crippen molar-refractivity contribution in [2.24, 2.45) is 5.73 Å². The van der Waals surface area contributed by atoms with Crippen molar-refractivity contribution in [1.29, 1.82) is 0 Å². The molecule has 0 spiro atoms. The number of furan rings is 1. The summed E-state index contributed by atoms with van der Waals surface area (Å²) in [6, 6.07) is 4.40. The van der Waals surface area contributed by atoms with Gasteiger partial charge in [0.15, 0.2) is 0 Å². The second-order valence-corrected chi connectivity index (χ2v) is 5.35. The van der Waals surface area contributed by atoms with Crippen molar-refractivity contribution in [3.63, 3.8) is 0 Å². The highest BCUT2D eigenvalue weighted by Gasteiger charge is 2.20. The summed E-state index contributed by atoms with van der Waals surface area (Å²) in [5.74, 6) is 0.980. The van der Waals surface area contributed by atoms with Crippen LogP contribution >= 0.6 is 0 Å². The molecule has 2 N–H and O–H groups in total. The molecule has 24 heavy (non-hydrogen) atoms. The number of nitrogens with two attached hydrogens (primary N) is 1. The van der Waals surface area contributed by atoms with Crippen LogP contribution in [0, 0.1) is 6.92 Å². The van der Waals surface area contributed by atoms with Gasteiger partial charge in [-0.05, 0) is 62.7 Å². The van der Waals surface area contributed by atoms with Crippen LogP contribution in [0.5, 0.6) is 0 Å². The van der Waals surface area contributed by atoms with Crippen molar-refractivity contribution in [2.45, 2.75) is 41.0 Å². The molecule has 0 radical (unpaired) electrons. The fraction of sp³-hybridized carbons (Fsp3) is 0.273. The molecule has 3 rings (SSSR count). The van der Waals surface area contributed by atoms with Crippen LogP contribution in [0.2, 0.25) is 0 Å². The number of fused-ring (bicyclic) bond motifs is 2. The number of aryl methyl sites for hydroxylation is 1. The molecule has 1 heterocycles. The number of hydrogen-bond donors (Lipinski definition) is 1. The number of benzene rings is 1. The Morgan fingerprint density at radius 3 is 2.46 bits per heavy atom. The van der Waals surface area contributed by atoms with E-state index in [0.717, 1.165) is 17.8 Å². The highest BCUT2D eigenvalue weighted by atomic mass is 16.3. The maximum Gasteiger partial charge on any atom is 0.135 e. The van der Waals surface area contributed by atoms with E-state index in [1.165, 1.54) is 33.8 Å². The Kier molecular flexibility index (Phi) is 7.84.